The molecule has 0 aliphatic carbocycles. The fourth-order valence-corrected chi connectivity index (χ4v) is 2.02. The molecule has 1 heterocycles. The van der Waals surface area contributed by atoms with Crippen LogP contribution >= 0.6 is 0 Å². The molecule has 0 aliphatic heterocycles. The van der Waals surface area contributed by atoms with E-state index >= 15 is 0 Å². The smallest absolute Gasteiger partial charge is 0.330 e. The van der Waals surface area contributed by atoms with Crippen molar-refractivity contribution in [2.75, 3.05) is 7.11 Å². The topological polar surface area (TPSA) is 93.5 Å². The number of aromatic nitrogens is 2. The summed E-state index contributed by atoms with van der Waals surface area (Å²) in [6, 6.07) is 2.33. The number of carbonyl (C=O) groups excluding carboxylic acids is 1. The Kier molecular flexibility index (Phi) is 4.95. The van der Waals surface area contributed by atoms with Gasteiger partial charge in [-0.15, -0.1) is 0 Å². The summed E-state index contributed by atoms with van der Waals surface area (Å²) in [5.74, 6) is -2.61. The number of hydrogen-bond acceptors (Lipinski definition) is 4. The molecular weight excluding hydrogens is 305 g/mol. The molecule has 2 aromatic rings. The highest BCUT2D eigenvalue weighted by Gasteiger charge is 2.24. The molecule has 0 fully saturated rings. The van der Waals surface area contributed by atoms with Crippen molar-refractivity contribution in [3.63, 3.8) is 0 Å². The number of halogens is 1. The van der Waals surface area contributed by atoms with Gasteiger partial charge in [0.15, 0.2) is 17.6 Å². The Morgan fingerprint density at radius 3 is 2.74 bits per heavy atom. The van der Waals surface area contributed by atoms with Gasteiger partial charge in [0.05, 0.1) is 18.9 Å². The lowest BCUT2D eigenvalue weighted by Crippen LogP contribution is -2.33. The predicted molar refractivity (Wildman–Crippen MR) is 78.7 cm³/mol. The molecule has 2 rings (SSSR count). The number of nitrogens with one attached hydrogen (secondary N) is 1. The van der Waals surface area contributed by atoms with Gasteiger partial charge in [0.1, 0.15) is 0 Å². The van der Waals surface area contributed by atoms with Gasteiger partial charge in [-0.3, -0.25) is 9.48 Å². The zero-order valence-electron chi connectivity index (χ0n) is 12.6. The molecule has 1 amide bonds. The Labute approximate surface area is 131 Å². The lowest BCUT2D eigenvalue weighted by Gasteiger charge is -2.15. The van der Waals surface area contributed by atoms with E-state index in [9.17, 15) is 19.1 Å². The molecule has 122 valence electrons. The molecule has 0 bridgehead atoms. The van der Waals surface area contributed by atoms with Crippen LogP contribution in [0.4, 0.5) is 4.39 Å². The predicted octanol–water partition coefficient (Wildman–Crippen LogP) is 1.61. The molecule has 7 nitrogen and oxygen atoms in total. The molecule has 0 radical (unpaired) electrons. The maximum absolute atomic E-state index is 13.7. The third kappa shape index (κ3) is 3.65. The maximum Gasteiger partial charge on any atom is 0.330 e. The van der Waals surface area contributed by atoms with E-state index in [4.69, 9.17) is 4.74 Å². The third-order valence-corrected chi connectivity index (χ3v) is 3.25. The second-order valence-electron chi connectivity index (χ2n) is 4.72. The second-order valence-corrected chi connectivity index (χ2v) is 4.72. The SMILES string of the molecule is CCn1cc(C(=O)N[C@@H](C(=O)O)c2ccc(OC)c(F)c2)cn1. The summed E-state index contributed by atoms with van der Waals surface area (Å²) in [4.78, 5) is 23.5. The van der Waals surface area contributed by atoms with Gasteiger partial charge in [0, 0.05) is 12.7 Å². The van der Waals surface area contributed by atoms with E-state index in [1.54, 1.807) is 0 Å². The van der Waals surface area contributed by atoms with Crippen LogP contribution in [0, 0.1) is 5.82 Å². The normalized spacial score (nSPS) is 11.8. The Hall–Kier alpha value is -2.90. The largest absolute Gasteiger partial charge is 0.494 e. The van der Waals surface area contributed by atoms with Gasteiger partial charge in [-0.25, -0.2) is 9.18 Å². The van der Waals surface area contributed by atoms with Crippen LogP contribution in [0.1, 0.15) is 28.9 Å². The van der Waals surface area contributed by atoms with Crippen LogP contribution in [0.25, 0.3) is 0 Å². The molecule has 0 spiro atoms. The molecule has 2 N–H and O–H groups in total. The van der Waals surface area contributed by atoms with Gasteiger partial charge in [0.25, 0.3) is 5.91 Å². The third-order valence-electron chi connectivity index (χ3n) is 3.25. The number of nitrogens with zero attached hydrogens (tertiary/aromatic N) is 2. The molecular formula is C15H16FN3O4. The first kappa shape index (κ1) is 16.5. The Bertz CT molecular complexity index is 729. The van der Waals surface area contributed by atoms with Crippen molar-refractivity contribution in [1.29, 1.82) is 0 Å². The average Bonchev–Trinajstić information content (AvgIpc) is 3.01. The minimum atomic E-state index is -1.38. The molecule has 1 atom stereocenters. The van der Waals surface area contributed by atoms with E-state index in [1.807, 2.05) is 6.92 Å². The summed E-state index contributed by atoms with van der Waals surface area (Å²) in [5, 5.41) is 15.6. The van der Waals surface area contributed by atoms with Gasteiger partial charge in [0.2, 0.25) is 0 Å². The van der Waals surface area contributed by atoms with Crippen molar-refractivity contribution in [3.05, 3.63) is 47.5 Å². The van der Waals surface area contributed by atoms with Crippen LogP contribution in [0.5, 0.6) is 5.75 Å². The number of carbonyl (C=O) groups is 2. The number of aryl methyl sites for hydroxylation is 1. The molecule has 1 aromatic carbocycles. The number of benzene rings is 1. The van der Waals surface area contributed by atoms with Crippen LogP contribution in [0.15, 0.2) is 30.6 Å². The highest BCUT2D eigenvalue weighted by atomic mass is 19.1. The zero-order valence-corrected chi connectivity index (χ0v) is 12.6. The maximum atomic E-state index is 13.7. The summed E-state index contributed by atoms with van der Waals surface area (Å²) in [6.45, 7) is 2.44. The summed E-state index contributed by atoms with van der Waals surface area (Å²) >= 11 is 0. The number of hydrogen-bond donors (Lipinski definition) is 2. The number of rotatable bonds is 6. The summed E-state index contributed by atoms with van der Waals surface area (Å²) < 4.78 is 20.1. The standard InChI is InChI=1S/C15H16FN3O4/c1-3-19-8-10(7-17-19)14(20)18-13(15(21)22)9-4-5-12(23-2)11(16)6-9/h4-8,13H,3H2,1-2H3,(H,18,20)(H,21,22)/t13-/m1/s1. The highest BCUT2D eigenvalue weighted by Crippen LogP contribution is 2.22. The average molecular weight is 321 g/mol. The fourth-order valence-electron chi connectivity index (χ4n) is 2.02. The van der Waals surface area contributed by atoms with E-state index in [-0.39, 0.29) is 16.9 Å². The molecule has 0 unspecified atom stereocenters. The van der Waals surface area contributed by atoms with Crippen molar-refractivity contribution in [3.8, 4) is 5.75 Å². The van der Waals surface area contributed by atoms with Crippen LogP contribution in [0.3, 0.4) is 0 Å². The highest BCUT2D eigenvalue weighted by molar-refractivity contribution is 5.96. The second kappa shape index (κ2) is 6.91. The van der Waals surface area contributed by atoms with E-state index < -0.39 is 23.7 Å². The number of methoxy groups -OCH3 is 1. The number of carboxylic acids is 1. The minimum Gasteiger partial charge on any atom is -0.494 e. The molecule has 23 heavy (non-hydrogen) atoms. The van der Waals surface area contributed by atoms with E-state index in [1.165, 1.54) is 36.3 Å². The molecule has 0 aliphatic rings. The Balaban J connectivity index is 2.23. The first-order chi connectivity index (χ1) is 11.0. The van der Waals surface area contributed by atoms with Crippen molar-refractivity contribution in [1.82, 2.24) is 15.1 Å². The van der Waals surface area contributed by atoms with E-state index in [0.29, 0.717) is 6.54 Å². The number of aliphatic carboxylic acids is 1. The van der Waals surface area contributed by atoms with Crippen molar-refractivity contribution >= 4 is 11.9 Å². The van der Waals surface area contributed by atoms with Gasteiger partial charge < -0.3 is 15.2 Å². The number of amides is 1. The van der Waals surface area contributed by atoms with Crippen LogP contribution in [0.2, 0.25) is 0 Å². The quantitative estimate of drug-likeness (QED) is 0.843. The summed E-state index contributed by atoms with van der Waals surface area (Å²) in [5.41, 5.74) is 0.333. The van der Waals surface area contributed by atoms with Crippen molar-refractivity contribution in [2.24, 2.45) is 0 Å². The Morgan fingerprint density at radius 2 is 2.22 bits per heavy atom. The van der Waals surface area contributed by atoms with E-state index in [2.05, 4.69) is 10.4 Å². The number of carboxylic acid groups (broad SMARTS) is 1. The van der Waals surface area contributed by atoms with Gasteiger partial charge in [-0.2, -0.15) is 5.10 Å². The lowest BCUT2D eigenvalue weighted by molar-refractivity contribution is -0.139. The molecule has 8 heteroatoms. The zero-order chi connectivity index (χ0) is 17.0. The van der Waals surface area contributed by atoms with Gasteiger partial charge in [-0.1, -0.05) is 6.07 Å². The first-order valence-corrected chi connectivity index (χ1v) is 6.85. The molecule has 0 saturated carbocycles. The fraction of sp³-hybridized carbons (Fsp3) is 0.267. The summed E-state index contributed by atoms with van der Waals surface area (Å²) in [7, 11) is 1.31. The Morgan fingerprint density at radius 1 is 1.48 bits per heavy atom. The van der Waals surface area contributed by atoms with Crippen LogP contribution in [-0.4, -0.2) is 33.9 Å². The lowest BCUT2D eigenvalue weighted by atomic mass is 10.1. The van der Waals surface area contributed by atoms with Crippen molar-refractivity contribution in [2.45, 2.75) is 19.5 Å². The molecule has 0 saturated heterocycles. The molecule has 1 aromatic heterocycles. The minimum absolute atomic E-state index is 0.00608. The van der Waals surface area contributed by atoms with Crippen molar-refractivity contribution < 1.29 is 23.8 Å². The van der Waals surface area contributed by atoms with Gasteiger partial charge >= 0.3 is 5.97 Å². The van der Waals surface area contributed by atoms with E-state index in [0.717, 1.165) is 6.07 Å². The van der Waals surface area contributed by atoms with Crippen LogP contribution < -0.4 is 10.1 Å². The van der Waals surface area contributed by atoms with Gasteiger partial charge in [-0.05, 0) is 24.6 Å². The number of ether oxygens (including phenoxy) is 1. The summed E-state index contributed by atoms with van der Waals surface area (Å²) in [6.07, 6.45) is 2.84. The monoisotopic (exact) mass is 321 g/mol. The first-order valence-electron chi connectivity index (χ1n) is 6.85. The van der Waals surface area contributed by atoms with Crippen LogP contribution in [-0.2, 0) is 11.3 Å².